The largest absolute Gasteiger partial charge is 0.472 e. The number of quaternary nitrogens is 1. The zero-order valence-corrected chi connectivity index (χ0v) is 41.5. The van der Waals surface area contributed by atoms with E-state index in [1.54, 1.807) is 6.08 Å². The average Bonchev–Trinajstić information content (AvgIpc) is 3.23. The number of hydrogen-bond acceptors (Lipinski definition) is 8. The maximum Gasteiger partial charge on any atom is 0.472 e. The topological polar surface area (TPSA) is 129 Å². The number of unbranched alkanes of at least 4 members (excludes halogenated alkanes) is 18. The van der Waals surface area contributed by atoms with Crippen LogP contribution in [0.4, 0.5) is 0 Å². The predicted molar refractivity (Wildman–Crippen MR) is 262 cm³/mol. The molecule has 63 heavy (non-hydrogen) atoms. The summed E-state index contributed by atoms with van der Waals surface area (Å²) in [6, 6.07) is 0. The van der Waals surface area contributed by atoms with Gasteiger partial charge in [-0.1, -0.05) is 202 Å². The molecular weight excluding hydrogens is 814 g/mol. The molecule has 0 aromatic heterocycles. The van der Waals surface area contributed by atoms with E-state index in [0.717, 1.165) is 44.9 Å². The van der Waals surface area contributed by atoms with Crippen molar-refractivity contribution in [1.29, 1.82) is 0 Å². The Morgan fingerprint density at radius 2 is 1.10 bits per heavy atom. The van der Waals surface area contributed by atoms with Gasteiger partial charge in [-0.05, 0) is 44.9 Å². The molecule has 11 heteroatoms. The van der Waals surface area contributed by atoms with Crippen LogP contribution in [0, 0.1) is 0 Å². The summed E-state index contributed by atoms with van der Waals surface area (Å²) >= 11 is 0. The number of nitrogens with zero attached hydrogens (tertiary/aromatic N) is 1. The summed E-state index contributed by atoms with van der Waals surface area (Å²) in [7, 11) is 1.40. The lowest BCUT2D eigenvalue weighted by Crippen LogP contribution is -2.37. The molecule has 2 unspecified atom stereocenters. The maximum absolute atomic E-state index is 12.7. The van der Waals surface area contributed by atoms with E-state index >= 15 is 0 Å². The standard InChI is InChI=1S/C52H92NO9P/c1-6-8-10-11-12-13-14-15-16-17-18-19-20-23-26-29-32-35-39-43-51(55)59-47-50(48-61-63(57,58)60-46-45-53(3,4)5)62-52(56)44-40-36-33-30-27-24-21-22-25-28-31-34-38-42-49(54)41-37-9-7-2/h9,22,24-25,27,31,33-34,36-38,42,49-50,54H,6-8,10-21,23,26,28-30,32,35,39-41,43-48H2,1-5H3/p+1/b25-22-,27-24-,34-31+,36-33-,37-9-,42-38+/t49?,50-/m1/s1. The molecule has 0 aromatic carbocycles. The number of phosphoric ester groups is 1. The van der Waals surface area contributed by atoms with E-state index in [4.69, 9.17) is 18.5 Å². The molecule has 0 saturated carbocycles. The second-order valence-corrected chi connectivity index (χ2v) is 19.1. The quantitative estimate of drug-likeness (QED) is 0.0153. The van der Waals surface area contributed by atoms with Crippen molar-refractivity contribution < 1.29 is 47.2 Å². The van der Waals surface area contributed by atoms with Gasteiger partial charge >= 0.3 is 19.8 Å². The van der Waals surface area contributed by atoms with Crippen molar-refractivity contribution in [2.75, 3.05) is 47.5 Å². The van der Waals surface area contributed by atoms with Crippen LogP contribution in [-0.2, 0) is 32.7 Å². The van der Waals surface area contributed by atoms with Gasteiger partial charge in [0, 0.05) is 12.8 Å². The number of carbonyl (C=O) groups is 2. The highest BCUT2D eigenvalue weighted by Gasteiger charge is 2.27. The van der Waals surface area contributed by atoms with Crippen LogP contribution < -0.4 is 0 Å². The number of aliphatic hydroxyl groups is 1. The first kappa shape index (κ1) is 60.4. The lowest BCUT2D eigenvalue weighted by atomic mass is 10.0. The molecule has 0 aliphatic heterocycles. The molecule has 2 N–H and O–H groups in total. The van der Waals surface area contributed by atoms with Crippen molar-refractivity contribution in [2.24, 2.45) is 0 Å². The SMILES string of the molecule is CC/C=C\CC(O)/C=C/C=C/C/C=C\C/C=C\C/C=C\CCC(=O)O[C@H](COC(=O)CCCCCCCCCCCCCCCCCCCCC)COP(=O)(O)OCC[N+](C)(C)C. The average molecular weight is 907 g/mol. The Bertz CT molecular complexity index is 1320. The van der Waals surface area contributed by atoms with E-state index < -0.39 is 38.6 Å². The molecule has 0 aliphatic carbocycles. The lowest BCUT2D eigenvalue weighted by Gasteiger charge is -2.24. The smallest absolute Gasteiger partial charge is 0.462 e. The summed E-state index contributed by atoms with van der Waals surface area (Å²) in [5.74, 6) is -0.916. The Morgan fingerprint density at radius 1 is 0.587 bits per heavy atom. The van der Waals surface area contributed by atoms with Crippen LogP contribution in [-0.4, -0.2) is 86.1 Å². The molecule has 0 radical (unpaired) electrons. The molecular formula is C52H93NO9P+. The van der Waals surface area contributed by atoms with E-state index in [1.165, 1.54) is 103 Å². The Kier molecular flexibility index (Phi) is 41.5. The summed E-state index contributed by atoms with van der Waals surface area (Å²) in [5, 5.41) is 9.86. The fraction of sp³-hybridized carbons (Fsp3) is 0.731. The molecule has 3 atom stereocenters. The van der Waals surface area contributed by atoms with Crippen molar-refractivity contribution in [3.8, 4) is 0 Å². The summed E-state index contributed by atoms with van der Waals surface area (Å²) < 4.78 is 34.3. The van der Waals surface area contributed by atoms with Crippen molar-refractivity contribution in [3.63, 3.8) is 0 Å². The van der Waals surface area contributed by atoms with Crippen LogP contribution in [0.1, 0.15) is 187 Å². The molecule has 0 rings (SSSR count). The Labute approximate surface area is 385 Å². The molecule has 0 fully saturated rings. The van der Waals surface area contributed by atoms with Crippen molar-refractivity contribution in [2.45, 2.75) is 199 Å². The van der Waals surface area contributed by atoms with Crippen LogP contribution in [0.25, 0.3) is 0 Å². The van der Waals surface area contributed by atoms with E-state index in [0.29, 0.717) is 23.9 Å². The number of phosphoric acid groups is 1. The third-order valence-electron chi connectivity index (χ3n) is 10.3. The third kappa shape index (κ3) is 47.2. The van der Waals surface area contributed by atoms with Crippen molar-refractivity contribution in [1.82, 2.24) is 0 Å². The zero-order chi connectivity index (χ0) is 46.5. The molecule has 0 bridgehead atoms. The fourth-order valence-electron chi connectivity index (χ4n) is 6.48. The van der Waals surface area contributed by atoms with Gasteiger partial charge in [0.25, 0.3) is 0 Å². The molecule has 0 amide bonds. The minimum absolute atomic E-state index is 0.00891. The monoisotopic (exact) mass is 907 g/mol. The number of carbonyl (C=O) groups excluding carboxylic acids is 2. The Balaban J connectivity index is 4.42. The van der Waals surface area contributed by atoms with Gasteiger partial charge in [-0.15, -0.1) is 0 Å². The first-order valence-electron chi connectivity index (χ1n) is 24.8. The van der Waals surface area contributed by atoms with Gasteiger partial charge in [0.15, 0.2) is 6.10 Å². The van der Waals surface area contributed by atoms with Crippen LogP contribution in [0.3, 0.4) is 0 Å². The van der Waals surface area contributed by atoms with Crippen LogP contribution >= 0.6 is 7.82 Å². The molecule has 0 aromatic rings. The second-order valence-electron chi connectivity index (χ2n) is 17.7. The van der Waals surface area contributed by atoms with E-state index in [1.807, 2.05) is 57.6 Å². The number of rotatable bonds is 44. The highest BCUT2D eigenvalue weighted by molar-refractivity contribution is 7.47. The number of aliphatic hydroxyl groups excluding tert-OH is 1. The maximum atomic E-state index is 12.7. The van der Waals surface area contributed by atoms with Crippen molar-refractivity contribution in [3.05, 3.63) is 72.9 Å². The summed E-state index contributed by atoms with van der Waals surface area (Å²) in [6.07, 6.45) is 51.6. The minimum atomic E-state index is -4.41. The van der Waals surface area contributed by atoms with E-state index in [2.05, 4.69) is 44.2 Å². The van der Waals surface area contributed by atoms with Gasteiger partial charge in [-0.3, -0.25) is 18.6 Å². The fourth-order valence-corrected chi connectivity index (χ4v) is 7.22. The Morgan fingerprint density at radius 3 is 1.62 bits per heavy atom. The van der Waals surface area contributed by atoms with Gasteiger partial charge in [0.2, 0.25) is 0 Å². The molecule has 10 nitrogen and oxygen atoms in total. The van der Waals surface area contributed by atoms with Gasteiger partial charge in [0.1, 0.15) is 19.8 Å². The van der Waals surface area contributed by atoms with Gasteiger partial charge in [-0.2, -0.15) is 0 Å². The third-order valence-corrected chi connectivity index (χ3v) is 11.3. The van der Waals surface area contributed by atoms with Crippen molar-refractivity contribution >= 4 is 19.8 Å². The van der Waals surface area contributed by atoms with Gasteiger partial charge in [-0.25, -0.2) is 4.57 Å². The molecule has 0 spiro atoms. The number of allylic oxidation sites excluding steroid dienone is 10. The number of likely N-dealkylation sites (N-methyl/N-ethyl adjacent to an activating group) is 1. The first-order valence-corrected chi connectivity index (χ1v) is 26.3. The van der Waals surface area contributed by atoms with Crippen LogP contribution in [0.2, 0.25) is 0 Å². The Hall–Kier alpha value is -2.59. The molecule has 364 valence electrons. The predicted octanol–water partition coefficient (Wildman–Crippen LogP) is 13.6. The first-order chi connectivity index (χ1) is 30.4. The second kappa shape index (κ2) is 43.3. The highest BCUT2D eigenvalue weighted by atomic mass is 31.2. The van der Waals surface area contributed by atoms with E-state index in [-0.39, 0.29) is 26.1 Å². The summed E-state index contributed by atoms with van der Waals surface area (Å²) in [4.78, 5) is 35.5. The lowest BCUT2D eigenvalue weighted by molar-refractivity contribution is -0.870. The number of hydrogen-bond donors (Lipinski definition) is 2. The normalized spacial score (nSPS) is 14.6. The van der Waals surface area contributed by atoms with Crippen LogP contribution in [0.5, 0.6) is 0 Å². The minimum Gasteiger partial charge on any atom is -0.462 e. The van der Waals surface area contributed by atoms with E-state index in [9.17, 15) is 24.2 Å². The number of ether oxygens (including phenoxy) is 2. The zero-order valence-electron chi connectivity index (χ0n) is 40.6. The van der Waals surface area contributed by atoms with Crippen LogP contribution in [0.15, 0.2) is 72.9 Å². The van der Waals surface area contributed by atoms with Gasteiger partial charge in [0.05, 0.1) is 33.9 Å². The molecule has 0 heterocycles. The highest BCUT2D eigenvalue weighted by Crippen LogP contribution is 2.43. The summed E-state index contributed by atoms with van der Waals surface area (Å²) in [6.45, 7) is 4.13. The van der Waals surface area contributed by atoms with Gasteiger partial charge < -0.3 is 24.0 Å². The number of esters is 2. The summed E-state index contributed by atoms with van der Waals surface area (Å²) in [5.41, 5.74) is 0. The molecule has 0 aliphatic rings. The molecule has 0 saturated heterocycles.